The van der Waals surface area contributed by atoms with E-state index in [2.05, 4.69) is 36.4 Å². The Labute approximate surface area is 254 Å². The zero-order chi connectivity index (χ0) is 28.7. The summed E-state index contributed by atoms with van der Waals surface area (Å²) >= 11 is 3.69. The highest BCUT2D eigenvalue weighted by Crippen LogP contribution is 2.32. The number of nitrogens with two attached hydrogens (primary N) is 2. The molecule has 214 valence electrons. The van der Waals surface area contributed by atoms with Gasteiger partial charge in [0.05, 0.1) is 59.9 Å². The largest absolute Gasteiger partial charge is 0.398 e. The minimum absolute atomic E-state index is 0.600. The number of fused-ring (bicyclic) bond motifs is 4. The van der Waals surface area contributed by atoms with E-state index in [1.807, 2.05) is 72.1 Å². The van der Waals surface area contributed by atoms with E-state index in [1.165, 1.54) is 11.1 Å². The van der Waals surface area contributed by atoms with Crippen LogP contribution in [0.2, 0.25) is 0 Å². The highest BCUT2D eigenvalue weighted by atomic mass is 32.2. The van der Waals surface area contributed by atoms with Gasteiger partial charge in [0.15, 0.2) is 0 Å². The van der Waals surface area contributed by atoms with Crippen molar-refractivity contribution < 1.29 is 9.47 Å². The van der Waals surface area contributed by atoms with Crippen LogP contribution in [0.5, 0.6) is 0 Å². The van der Waals surface area contributed by atoms with Crippen molar-refractivity contribution in [3.8, 4) is 0 Å². The van der Waals surface area contributed by atoms with E-state index < -0.39 is 0 Å². The second kappa shape index (κ2) is 13.6. The Morgan fingerprint density at radius 1 is 0.500 bits per heavy atom. The monoisotopic (exact) mass is 594 g/mol. The van der Waals surface area contributed by atoms with Gasteiger partial charge in [-0.2, -0.15) is 23.5 Å². The molecule has 0 unspecified atom stereocenters. The molecule has 42 heavy (non-hydrogen) atoms. The first-order chi connectivity index (χ1) is 20.7. The Morgan fingerprint density at radius 3 is 1.40 bits per heavy atom. The van der Waals surface area contributed by atoms with Crippen molar-refractivity contribution in [2.45, 2.75) is 11.5 Å². The number of hydrogen-bond acceptors (Lipinski definition) is 8. The fourth-order valence-corrected chi connectivity index (χ4v) is 6.83. The van der Waals surface area contributed by atoms with Crippen molar-refractivity contribution in [1.82, 2.24) is 9.97 Å². The molecule has 0 aliphatic heterocycles. The summed E-state index contributed by atoms with van der Waals surface area (Å²) in [6.07, 6.45) is 0. The van der Waals surface area contributed by atoms with Crippen molar-refractivity contribution in [1.29, 1.82) is 0 Å². The van der Waals surface area contributed by atoms with Crippen LogP contribution in [0.25, 0.3) is 43.6 Å². The van der Waals surface area contributed by atoms with E-state index >= 15 is 0 Å². The number of pyridine rings is 2. The third kappa shape index (κ3) is 6.27. The van der Waals surface area contributed by atoms with Gasteiger partial charge >= 0.3 is 0 Å². The van der Waals surface area contributed by atoms with Crippen molar-refractivity contribution in [2.75, 3.05) is 49.4 Å². The van der Waals surface area contributed by atoms with Crippen LogP contribution >= 0.6 is 23.5 Å². The Kier molecular flexibility index (Phi) is 9.25. The van der Waals surface area contributed by atoms with Crippen LogP contribution in [0.4, 0.5) is 11.4 Å². The maximum atomic E-state index is 6.47. The molecule has 4 aromatic carbocycles. The summed E-state index contributed by atoms with van der Waals surface area (Å²) in [7, 11) is 0. The van der Waals surface area contributed by atoms with Crippen molar-refractivity contribution in [2.24, 2.45) is 0 Å². The quantitative estimate of drug-likeness (QED) is 0.105. The molecule has 0 bridgehead atoms. The van der Waals surface area contributed by atoms with E-state index in [0.29, 0.717) is 26.4 Å². The van der Waals surface area contributed by atoms with E-state index in [9.17, 15) is 0 Å². The molecule has 2 aromatic heterocycles. The van der Waals surface area contributed by atoms with Crippen molar-refractivity contribution in [3.63, 3.8) is 0 Å². The normalized spacial score (nSPS) is 11.7. The molecule has 0 atom stereocenters. The van der Waals surface area contributed by atoms with Gasteiger partial charge in [0.25, 0.3) is 0 Å². The molecule has 0 fully saturated rings. The van der Waals surface area contributed by atoms with E-state index in [0.717, 1.165) is 78.0 Å². The number of aromatic nitrogens is 2. The van der Waals surface area contributed by atoms with Crippen molar-refractivity contribution >= 4 is 78.5 Å². The lowest BCUT2D eigenvalue weighted by atomic mass is 10.1. The Bertz CT molecular complexity index is 1710. The molecular formula is C34H34N4O2S2. The van der Waals surface area contributed by atoms with Gasteiger partial charge in [0.2, 0.25) is 0 Å². The topological polar surface area (TPSA) is 96.3 Å². The number of rotatable bonds is 13. The van der Waals surface area contributed by atoms with Gasteiger partial charge < -0.3 is 20.9 Å². The lowest BCUT2D eigenvalue weighted by Crippen LogP contribution is -2.08. The first-order valence-electron chi connectivity index (χ1n) is 14.1. The molecule has 0 radical (unpaired) electrons. The lowest BCUT2D eigenvalue weighted by Gasteiger charge is -2.11. The molecule has 0 spiro atoms. The van der Waals surface area contributed by atoms with Crippen LogP contribution < -0.4 is 11.5 Å². The summed E-state index contributed by atoms with van der Waals surface area (Å²) in [6, 6.07) is 28.6. The Balaban J connectivity index is 0.883. The third-order valence-corrected chi connectivity index (χ3v) is 9.24. The van der Waals surface area contributed by atoms with E-state index in [4.69, 9.17) is 30.9 Å². The van der Waals surface area contributed by atoms with Crippen LogP contribution in [-0.2, 0) is 21.0 Å². The second-order valence-electron chi connectivity index (χ2n) is 10.0. The molecule has 8 heteroatoms. The standard InChI is InChI=1S/C34H34N4O2S2/c35-31-25-9-1-3-13-29(25)37-33-23(7-5-11-27(31)33)21-41-19-17-39-15-16-40-18-20-42-22-24-8-6-12-28-32(36)26-10-2-4-14-30(26)38-34(24)28/h1-14H,15-22H2,(H2,35,37)(H2,36,38). The van der Waals surface area contributed by atoms with E-state index in [-0.39, 0.29) is 0 Å². The number of ether oxygens (including phenoxy) is 2. The summed E-state index contributed by atoms with van der Waals surface area (Å²) in [6.45, 7) is 2.59. The first kappa shape index (κ1) is 28.6. The predicted octanol–water partition coefficient (Wildman–Crippen LogP) is 7.45. The highest BCUT2D eigenvalue weighted by Gasteiger charge is 2.11. The molecule has 6 rings (SSSR count). The molecule has 0 saturated heterocycles. The molecule has 0 aliphatic rings. The SMILES string of the molecule is Nc1c2ccccc2nc2c(CSCCOCCOCCSCc3cccc4c(N)c5ccccc5nc34)cccc12. The smallest absolute Gasteiger partial charge is 0.0770 e. The predicted molar refractivity (Wildman–Crippen MR) is 181 cm³/mol. The fourth-order valence-electron chi connectivity index (χ4n) is 5.17. The van der Waals surface area contributed by atoms with Gasteiger partial charge in [0.1, 0.15) is 0 Å². The van der Waals surface area contributed by atoms with Gasteiger partial charge in [-0.1, -0.05) is 72.8 Å². The van der Waals surface area contributed by atoms with Gasteiger partial charge in [0, 0.05) is 44.6 Å². The van der Waals surface area contributed by atoms with Crippen molar-refractivity contribution in [3.05, 3.63) is 96.1 Å². The molecule has 4 N–H and O–H groups in total. The molecule has 2 heterocycles. The first-order valence-corrected chi connectivity index (χ1v) is 16.4. The third-order valence-electron chi connectivity index (χ3n) is 7.30. The maximum Gasteiger partial charge on any atom is 0.0770 e. The zero-order valence-corrected chi connectivity index (χ0v) is 25.1. The van der Waals surface area contributed by atoms with Gasteiger partial charge in [-0.15, -0.1) is 0 Å². The van der Waals surface area contributed by atoms with Crippen LogP contribution in [0.15, 0.2) is 84.9 Å². The van der Waals surface area contributed by atoms with Gasteiger partial charge in [-0.25, -0.2) is 9.97 Å². The summed E-state index contributed by atoms with van der Waals surface area (Å²) < 4.78 is 11.6. The minimum atomic E-state index is 0.600. The van der Waals surface area contributed by atoms with Crippen LogP contribution in [-0.4, -0.2) is 47.9 Å². The zero-order valence-electron chi connectivity index (χ0n) is 23.4. The fraction of sp³-hybridized carbons (Fsp3) is 0.235. The number of nitrogen functional groups attached to an aromatic ring is 2. The maximum absolute atomic E-state index is 6.47. The number of hydrogen-bond donors (Lipinski definition) is 2. The summed E-state index contributed by atoms with van der Waals surface area (Å²) in [5, 5.41) is 4.05. The van der Waals surface area contributed by atoms with Crippen LogP contribution in [0, 0.1) is 0 Å². The Morgan fingerprint density at radius 2 is 0.929 bits per heavy atom. The minimum Gasteiger partial charge on any atom is -0.398 e. The summed E-state index contributed by atoms with van der Waals surface area (Å²) in [4.78, 5) is 9.80. The number of nitrogens with zero attached hydrogens (tertiary/aromatic N) is 2. The second-order valence-corrected chi connectivity index (χ2v) is 12.3. The number of thioether (sulfide) groups is 2. The van der Waals surface area contributed by atoms with Gasteiger partial charge in [-0.3, -0.25) is 0 Å². The van der Waals surface area contributed by atoms with Crippen LogP contribution in [0.3, 0.4) is 0 Å². The molecular weight excluding hydrogens is 561 g/mol. The highest BCUT2D eigenvalue weighted by molar-refractivity contribution is 7.98. The molecule has 6 aromatic rings. The molecule has 6 nitrogen and oxygen atoms in total. The van der Waals surface area contributed by atoms with Crippen LogP contribution in [0.1, 0.15) is 11.1 Å². The Hall–Kier alpha value is -3.56. The number of anilines is 2. The lowest BCUT2D eigenvalue weighted by molar-refractivity contribution is 0.0605. The molecule has 0 saturated carbocycles. The van der Waals surface area contributed by atoms with E-state index in [1.54, 1.807) is 0 Å². The van der Waals surface area contributed by atoms with Gasteiger partial charge in [-0.05, 0) is 23.3 Å². The number of benzene rings is 4. The molecule has 0 amide bonds. The summed E-state index contributed by atoms with van der Waals surface area (Å²) in [5.41, 5.74) is 20.8. The average Bonchev–Trinajstić information content (AvgIpc) is 3.02. The number of para-hydroxylation sites is 4. The average molecular weight is 595 g/mol. The molecule has 0 aliphatic carbocycles. The summed E-state index contributed by atoms with van der Waals surface area (Å²) in [5.74, 6) is 3.56.